The molecule has 0 spiro atoms. The second-order valence-electron chi connectivity index (χ2n) is 6.85. The molecule has 3 unspecified atom stereocenters. The Morgan fingerprint density at radius 3 is 1.68 bits per heavy atom. The smallest absolute Gasteiger partial charge is 0.00681 e. The van der Waals surface area contributed by atoms with Gasteiger partial charge in [-0.2, -0.15) is 0 Å². The fourth-order valence-electron chi connectivity index (χ4n) is 4.28. The molecule has 0 radical (unpaired) electrons. The summed E-state index contributed by atoms with van der Waals surface area (Å²) in [5, 5.41) is 0. The summed E-state index contributed by atoms with van der Waals surface area (Å²) in [5.41, 5.74) is 6.65. The molecule has 2 aliphatic carbocycles. The van der Waals surface area contributed by atoms with Crippen LogP contribution in [0.25, 0.3) is 12.2 Å². The van der Waals surface area contributed by atoms with Crippen LogP contribution in [0.1, 0.15) is 41.0 Å². The molecular formula is C21H22Si. The largest absolute Gasteiger partial charge is 0.0761 e. The van der Waals surface area contributed by atoms with Crippen molar-refractivity contribution in [2.45, 2.75) is 24.3 Å². The van der Waals surface area contributed by atoms with Gasteiger partial charge in [0.1, 0.15) is 0 Å². The van der Waals surface area contributed by atoms with Crippen molar-refractivity contribution in [2.75, 3.05) is 0 Å². The molecule has 0 fully saturated rings. The highest BCUT2D eigenvalue weighted by Gasteiger charge is 2.35. The number of hydrogen-bond acceptors (Lipinski definition) is 0. The molecule has 2 aliphatic rings. The fourth-order valence-corrected chi connectivity index (χ4v) is 5.11. The van der Waals surface area contributed by atoms with Crippen LogP contribution in [0.5, 0.6) is 0 Å². The molecule has 1 heteroatoms. The lowest BCUT2D eigenvalue weighted by atomic mass is 9.75. The first-order valence-corrected chi connectivity index (χ1v) is 9.45. The Balaban J connectivity index is 1.76. The van der Waals surface area contributed by atoms with Gasteiger partial charge in [-0.05, 0) is 28.2 Å². The van der Waals surface area contributed by atoms with Crippen LogP contribution in [-0.2, 0) is 0 Å². The summed E-state index contributed by atoms with van der Waals surface area (Å²) in [5.74, 6) is 1.79. The lowest BCUT2D eigenvalue weighted by Gasteiger charge is -2.32. The molecule has 0 N–H and O–H groups in total. The van der Waals surface area contributed by atoms with Gasteiger partial charge >= 0.3 is 0 Å². The Kier molecular flexibility index (Phi) is 3.38. The summed E-state index contributed by atoms with van der Waals surface area (Å²) in [6.45, 7) is 2.43. The highest BCUT2D eigenvalue weighted by Crippen LogP contribution is 2.49. The summed E-state index contributed by atoms with van der Waals surface area (Å²) in [7, 11) is 1.24. The van der Waals surface area contributed by atoms with Gasteiger partial charge in [-0.1, -0.05) is 85.3 Å². The summed E-state index contributed by atoms with van der Waals surface area (Å²) < 4.78 is 0. The molecule has 0 nitrogen and oxygen atoms in total. The lowest BCUT2D eigenvalue weighted by Crippen LogP contribution is -2.21. The first-order chi connectivity index (χ1) is 10.8. The molecule has 0 aliphatic heterocycles. The van der Waals surface area contributed by atoms with Crippen molar-refractivity contribution in [3.8, 4) is 0 Å². The Bertz CT molecular complexity index is 693. The monoisotopic (exact) mass is 302 g/mol. The van der Waals surface area contributed by atoms with Crippen molar-refractivity contribution in [1.82, 2.24) is 0 Å². The zero-order valence-electron chi connectivity index (χ0n) is 13.2. The first kappa shape index (κ1) is 13.8. The van der Waals surface area contributed by atoms with E-state index in [0.717, 1.165) is 5.54 Å². The highest BCUT2D eigenvalue weighted by molar-refractivity contribution is 6.11. The van der Waals surface area contributed by atoms with Gasteiger partial charge in [-0.15, -0.1) is 0 Å². The van der Waals surface area contributed by atoms with E-state index < -0.39 is 0 Å². The maximum absolute atomic E-state index is 2.44. The van der Waals surface area contributed by atoms with Crippen molar-refractivity contribution < 1.29 is 0 Å². The number of allylic oxidation sites excluding steroid dienone is 2. The SMILES string of the molecule is CC([SiH3])C(C1C=Cc2ccccc21)C1C=Cc2ccccc21. The first-order valence-electron chi connectivity index (χ1n) is 8.30. The van der Waals surface area contributed by atoms with Crippen LogP contribution < -0.4 is 0 Å². The van der Waals surface area contributed by atoms with Gasteiger partial charge in [0, 0.05) is 22.1 Å². The molecule has 0 bridgehead atoms. The predicted octanol–water partition coefficient (Wildman–Crippen LogP) is 4.40. The molecule has 3 atom stereocenters. The van der Waals surface area contributed by atoms with Crippen LogP contribution in [0.2, 0.25) is 5.54 Å². The van der Waals surface area contributed by atoms with E-state index >= 15 is 0 Å². The van der Waals surface area contributed by atoms with E-state index in [0.29, 0.717) is 17.8 Å². The van der Waals surface area contributed by atoms with Gasteiger partial charge in [-0.3, -0.25) is 0 Å². The standard InChI is InChI=1S/C21H22Si/c1-14(22)21(19-12-10-15-6-2-4-8-17(15)19)20-13-11-16-7-3-5-9-18(16)20/h2-14,19-21H,1,22H3. The van der Waals surface area contributed by atoms with E-state index in [1.54, 1.807) is 0 Å². The molecule has 0 aromatic heterocycles. The van der Waals surface area contributed by atoms with Crippen LogP contribution in [0, 0.1) is 5.92 Å². The van der Waals surface area contributed by atoms with Crippen LogP contribution in [0.15, 0.2) is 60.7 Å². The lowest BCUT2D eigenvalue weighted by molar-refractivity contribution is 0.425. The van der Waals surface area contributed by atoms with Gasteiger partial charge in [0.05, 0.1) is 0 Å². The minimum absolute atomic E-state index is 0.560. The summed E-state index contributed by atoms with van der Waals surface area (Å²) in [6, 6.07) is 17.8. The fraction of sp³-hybridized carbons (Fsp3) is 0.238. The van der Waals surface area contributed by atoms with Gasteiger partial charge in [-0.25, -0.2) is 0 Å². The molecular weight excluding hydrogens is 280 g/mol. The van der Waals surface area contributed by atoms with Crippen molar-refractivity contribution in [3.63, 3.8) is 0 Å². The predicted molar refractivity (Wildman–Crippen MR) is 99.3 cm³/mol. The maximum Gasteiger partial charge on any atom is 0.00681 e. The minimum atomic E-state index is 0.560. The third-order valence-corrected chi connectivity index (χ3v) is 6.05. The Labute approximate surface area is 136 Å². The Morgan fingerprint density at radius 1 is 0.773 bits per heavy atom. The van der Waals surface area contributed by atoms with Crippen LogP contribution in [0.3, 0.4) is 0 Å². The molecule has 4 rings (SSSR count). The van der Waals surface area contributed by atoms with Crippen molar-refractivity contribution >= 4 is 22.4 Å². The van der Waals surface area contributed by atoms with Crippen LogP contribution in [0.4, 0.5) is 0 Å². The molecule has 2 aromatic rings. The van der Waals surface area contributed by atoms with Crippen molar-refractivity contribution in [2.24, 2.45) is 5.92 Å². The minimum Gasteiger partial charge on any atom is -0.0761 e. The summed E-state index contributed by atoms with van der Waals surface area (Å²) >= 11 is 0. The normalized spacial score (nSPS) is 24.2. The molecule has 0 saturated heterocycles. The van der Waals surface area contributed by atoms with E-state index in [2.05, 4.69) is 79.8 Å². The van der Waals surface area contributed by atoms with Crippen LogP contribution >= 0.6 is 0 Å². The van der Waals surface area contributed by atoms with E-state index in [-0.39, 0.29) is 0 Å². The Morgan fingerprint density at radius 2 is 1.23 bits per heavy atom. The van der Waals surface area contributed by atoms with E-state index in [4.69, 9.17) is 0 Å². The molecule has 110 valence electrons. The van der Waals surface area contributed by atoms with Gasteiger partial charge < -0.3 is 0 Å². The average Bonchev–Trinajstić information content (AvgIpc) is 3.13. The third kappa shape index (κ3) is 2.12. The van der Waals surface area contributed by atoms with E-state index in [1.165, 1.54) is 32.5 Å². The quantitative estimate of drug-likeness (QED) is 0.737. The number of hydrogen-bond donors (Lipinski definition) is 0. The van der Waals surface area contributed by atoms with Gasteiger partial charge in [0.15, 0.2) is 0 Å². The van der Waals surface area contributed by atoms with Gasteiger partial charge in [0.25, 0.3) is 0 Å². The molecule has 0 amide bonds. The number of benzene rings is 2. The third-order valence-electron chi connectivity index (χ3n) is 5.28. The molecule has 0 saturated carbocycles. The summed E-state index contributed by atoms with van der Waals surface area (Å²) in [4.78, 5) is 0. The van der Waals surface area contributed by atoms with Crippen molar-refractivity contribution in [1.29, 1.82) is 0 Å². The van der Waals surface area contributed by atoms with E-state index in [9.17, 15) is 0 Å². The molecule has 22 heavy (non-hydrogen) atoms. The molecule has 2 aromatic carbocycles. The highest BCUT2D eigenvalue weighted by atomic mass is 28.1. The molecule has 0 heterocycles. The topological polar surface area (TPSA) is 0 Å². The average molecular weight is 302 g/mol. The van der Waals surface area contributed by atoms with Crippen LogP contribution in [-0.4, -0.2) is 10.2 Å². The zero-order valence-corrected chi connectivity index (χ0v) is 15.2. The zero-order chi connectivity index (χ0) is 15.1. The van der Waals surface area contributed by atoms with E-state index in [1.807, 2.05) is 0 Å². The Hall–Kier alpha value is -1.86. The van der Waals surface area contributed by atoms with Gasteiger partial charge in [0.2, 0.25) is 0 Å². The summed E-state index contributed by atoms with van der Waals surface area (Å²) in [6.07, 6.45) is 9.53. The van der Waals surface area contributed by atoms with Crippen molar-refractivity contribution in [3.05, 3.63) is 82.9 Å². The second-order valence-corrected chi connectivity index (χ2v) is 8.67. The number of rotatable bonds is 3. The number of fused-ring (bicyclic) bond motifs is 2. The maximum atomic E-state index is 2.44. The second kappa shape index (κ2) is 5.40.